The molecule has 19 heavy (non-hydrogen) atoms. The number of benzene rings is 1. The number of rotatable bonds is 6. The Labute approximate surface area is 125 Å². The summed E-state index contributed by atoms with van der Waals surface area (Å²) in [6.07, 6.45) is 5.36. The van der Waals surface area contributed by atoms with Gasteiger partial charge < -0.3 is 10.1 Å². The van der Waals surface area contributed by atoms with E-state index in [1.165, 1.54) is 24.8 Å². The molecular formula is C16H24BrNO. The lowest BCUT2D eigenvalue weighted by molar-refractivity contribution is 0.0321. The van der Waals surface area contributed by atoms with Gasteiger partial charge in [-0.3, -0.25) is 0 Å². The van der Waals surface area contributed by atoms with Crippen molar-refractivity contribution in [3.8, 4) is 0 Å². The Morgan fingerprint density at radius 2 is 2.05 bits per heavy atom. The Bertz CT molecular complexity index is 379. The van der Waals surface area contributed by atoms with Gasteiger partial charge in [0.1, 0.15) is 0 Å². The van der Waals surface area contributed by atoms with Gasteiger partial charge in [-0.05, 0) is 56.8 Å². The van der Waals surface area contributed by atoms with Crippen LogP contribution in [0.15, 0.2) is 28.7 Å². The van der Waals surface area contributed by atoms with Crippen molar-refractivity contribution < 1.29 is 4.74 Å². The molecule has 1 fully saturated rings. The fraction of sp³-hybridized carbons (Fsp3) is 0.625. The van der Waals surface area contributed by atoms with Crippen LogP contribution in [-0.2, 0) is 11.2 Å². The maximum atomic E-state index is 6.04. The minimum Gasteiger partial charge on any atom is -0.374 e. The SMILES string of the molecule is CCCNC(Cc1ccc(Br)cc1)C1CCC(C)O1. The van der Waals surface area contributed by atoms with E-state index in [2.05, 4.69) is 59.4 Å². The van der Waals surface area contributed by atoms with Gasteiger partial charge >= 0.3 is 0 Å². The quantitative estimate of drug-likeness (QED) is 0.855. The van der Waals surface area contributed by atoms with E-state index in [4.69, 9.17) is 4.74 Å². The zero-order valence-corrected chi connectivity index (χ0v) is 13.4. The minimum absolute atomic E-state index is 0.366. The van der Waals surface area contributed by atoms with E-state index < -0.39 is 0 Å². The molecule has 1 heterocycles. The van der Waals surface area contributed by atoms with Gasteiger partial charge in [0.2, 0.25) is 0 Å². The van der Waals surface area contributed by atoms with Crippen LogP contribution in [0.5, 0.6) is 0 Å². The van der Waals surface area contributed by atoms with Crippen molar-refractivity contribution >= 4 is 15.9 Å². The van der Waals surface area contributed by atoms with Crippen LogP contribution in [0.1, 0.15) is 38.7 Å². The molecule has 2 nitrogen and oxygen atoms in total. The molecule has 0 bridgehead atoms. The van der Waals surface area contributed by atoms with Crippen LogP contribution in [0.25, 0.3) is 0 Å². The van der Waals surface area contributed by atoms with Gasteiger partial charge in [-0.25, -0.2) is 0 Å². The van der Waals surface area contributed by atoms with Crippen molar-refractivity contribution in [2.75, 3.05) is 6.54 Å². The van der Waals surface area contributed by atoms with Gasteiger partial charge in [0, 0.05) is 10.5 Å². The Balaban J connectivity index is 1.98. The molecular weight excluding hydrogens is 302 g/mol. The van der Waals surface area contributed by atoms with Crippen molar-refractivity contribution in [3.63, 3.8) is 0 Å². The van der Waals surface area contributed by atoms with Crippen LogP contribution in [0.4, 0.5) is 0 Å². The summed E-state index contributed by atoms with van der Waals surface area (Å²) < 4.78 is 7.18. The van der Waals surface area contributed by atoms with Crippen molar-refractivity contribution in [2.24, 2.45) is 0 Å². The van der Waals surface area contributed by atoms with E-state index in [0.717, 1.165) is 17.4 Å². The van der Waals surface area contributed by atoms with Crippen LogP contribution >= 0.6 is 15.9 Å². The first kappa shape index (κ1) is 15.0. The van der Waals surface area contributed by atoms with Crippen LogP contribution in [0, 0.1) is 0 Å². The first-order valence-electron chi connectivity index (χ1n) is 7.32. The highest BCUT2D eigenvalue weighted by molar-refractivity contribution is 9.10. The molecule has 0 saturated carbocycles. The summed E-state index contributed by atoms with van der Waals surface area (Å²) in [7, 11) is 0. The minimum atomic E-state index is 0.366. The number of halogens is 1. The Kier molecular flexibility index (Phi) is 5.86. The molecule has 1 aromatic carbocycles. The molecule has 1 aliphatic rings. The van der Waals surface area contributed by atoms with E-state index in [1.54, 1.807) is 0 Å². The van der Waals surface area contributed by atoms with E-state index in [9.17, 15) is 0 Å². The molecule has 1 aromatic rings. The number of hydrogen-bond donors (Lipinski definition) is 1. The third kappa shape index (κ3) is 4.59. The molecule has 0 aromatic heterocycles. The second-order valence-corrected chi connectivity index (χ2v) is 6.37. The Morgan fingerprint density at radius 1 is 1.32 bits per heavy atom. The molecule has 0 amide bonds. The molecule has 1 N–H and O–H groups in total. The lowest BCUT2D eigenvalue weighted by Gasteiger charge is -2.25. The molecule has 1 aliphatic heterocycles. The van der Waals surface area contributed by atoms with Crippen LogP contribution in [0.3, 0.4) is 0 Å². The highest BCUT2D eigenvalue weighted by Crippen LogP contribution is 2.24. The van der Waals surface area contributed by atoms with Crippen LogP contribution in [-0.4, -0.2) is 24.8 Å². The zero-order valence-electron chi connectivity index (χ0n) is 11.9. The van der Waals surface area contributed by atoms with Gasteiger partial charge in [-0.1, -0.05) is 35.0 Å². The molecule has 1 saturated heterocycles. The third-order valence-corrected chi connectivity index (χ3v) is 4.27. The van der Waals surface area contributed by atoms with Gasteiger partial charge in [-0.2, -0.15) is 0 Å². The fourth-order valence-electron chi connectivity index (χ4n) is 2.67. The molecule has 3 heteroatoms. The predicted molar refractivity (Wildman–Crippen MR) is 83.5 cm³/mol. The monoisotopic (exact) mass is 325 g/mol. The first-order chi connectivity index (χ1) is 9.19. The van der Waals surface area contributed by atoms with Crippen molar-refractivity contribution in [1.82, 2.24) is 5.32 Å². The molecule has 2 rings (SSSR count). The topological polar surface area (TPSA) is 21.3 Å². The van der Waals surface area contributed by atoms with Crippen molar-refractivity contribution in [1.29, 1.82) is 0 Å². The van der Waals surface area contributed by atoms with E-state index in [-0.39, 0.29) is 0 Å². The largest absolute Gasteiger partial charge is 0.374 e. The normalized spacial score (nSPS) is 24.6. The standard InChI is InChI=1S/C16H24BrNO/c1-3-10-18-15(16-9-4-12(2)19-16)11-13-5-7-14(17)8-6-13/h5-8,12,15-16,18H,3-4,9-11H2,1-2H3. The molecule has 0 spiro atoms. The van der Waals surface area contributed by atoms with Gasteiger partial charge in [0.15, 0.2) is 0 Å². The summed E-state index contributed by atoms with van der Waals surface area (Å²) in [5, 5.41) is 3.66. The first-order valence-corrected chi connectivity index (χ1v) is 8.11. The molecule has 106 valence electrons. The summed E-state index contributed by atoms with van der Waals surface area (Å²) in [6, 6.07) is 9.06. The Hall–Kier alpha value is -0.380. The maximum absolute atomic E-state index is 6.04. The number of ether oxygens (including phenoxy) is 1. The molecule has 3 unspecified atom stereocenters. The van der Waals surface area contributed by atoms with Gasteiger partial charge in [0.05, 0.1) is 12.2 Å². The highest BCUT2D eigenvalue weighted by Gasteiger charge is 2.29. The summed E-state index contributed by atoms with van der Waals surface area (Å²) in [5.74, 6) is 0. The summed E-state index contributed by atoms with van der Waals surface area (Å²) in [6.45, 7) is 5.45. The zero-order chi connectivity index (χ0) is 13.7. The second-order valence-electron chi connectivity index (χ2n) is 5.45. The molecule has 3 atom stereocenters. The van der Waals surface area contributed by atoms with Crippen molar-refractivity contribution in [2.45, 2.75) is 57.8 Å². The summed E-state index contributed by atoms with van der Waals surface area (Å²) >= 11 is 3.49. The van der Waals surface area contributed by atoms with Gasteiger partial charge in [0.25, 0.3) is 0 Å². The maximum Gasteiger partial charge on any atom is 0.0735 e. The number of nitrogens with one attached hydrogen (secondary N) is 1. The number of hydrogen-bond acceptors (Lipinski definition) is 2. The van der Waals surface area contributed by atoms with E-state index in [1.807, 2.05) is 0 Å². The summed E-state index contributed by atoms with van der Waals surface area (Å²) in [4.78, 5) is 0. The van der Waals surface area contributed by atoms with Crippen LogP contribution in [0.2, 0.25) is 0 Å². The van der Waals surface area contributed by atoms with Crippen LogP contribution < -0.4 is 5.32 Å². The van der Waals surface area contributed by atoms with Crippen molar-refractivity contribution in [3.05, 3.63) is 34.3 Å². The lowest BCUT2D eigenvalue weighted by Crippen LogP contribution is -2.42. The second kappa shape index (κ2) is 7.41. The predicted octanol–water partition coefficient (Wildman–Crippen LogP) is 3.93. The van der Waals surface area contributed by atoms with Gasteiger partial charge in [-0.15, -0.1) is 0 Å². The summed E-state index contributed by atoms with van der Waals surface area (Å²) in [5.41, 5.74) is 1.37. The molecule has 0 aliphatic carbocycles. The highest BCUT2D eigenvalue weighted by atomic mass is 79.9. The lowest BCUT2D eigenvalue weighted by atomic mass is 9.99. The fourth-order valence-corrected chi connectivity index (χ4v) is 2.93. The smallest absolute Gasteiger partial charge is 0.0735 e. The third-order valence-electron chi connectivity index (χ3n) is 3.74. The van der Waals surface area contributed by atoms with E-state index >= 15 is 0 Å². The average Bonchev–Trinajstić information content (AvgIpc) is 2.83. The average molecular weight is 326 g/mol. The molecule has 0 radical (unpaired) electrons. The Morgan fingerprint density at radius 3 is 2.63 bits per heavy atom. The van der Waals surface area contributed by atoms with E-state index in [0.29, 0.717) is 18.2 Å².